The molecule has 94 valence electrons. The minimum atomic E-state index is 0.595. The summed E-state index contributed by atoms with van der Waals surface area (Å²) in [5.74, 6) is 0.595. The topological polar surface area (TPSA) is 69.6 Å². The maximum absolute atomic E-state index is 6.11. The van der Waals surface area contributed by atoms with E-state index in [4.69, 9.17) is 5.73 Å². The zero-order valence-electron chi connectivity index (χ0n) is 10.5. The van der Waals surface area contributed by atoms with E-state index in [1.54, 1.807) is 23.3 Å². The second-order valence-electron chi connectivity index (χ2n) is 4.19. The molecular formula is C14H13N5. The number of pyridine rings is 2. The van der Waals surface area contributed by atoms with Gasteiger partial charge in [-0.05, 0) is 24.3 Å². The fourth-order valence-electron chi connectivity index (χ4n) is 2.01. The van der Waals surface area contributed by atoms with Crippen LogP contribution in [0.2, 0.25) is 0 Å². The first-order chi connectivity index (χ1) is 9.27. The van der Waals surface area contributed by atoms with Crippen LogP contribution in [0.5, 0.6) is 0 Å². The van der Waals surface area contributed by atoms with Gasteiger partial charge in [0.25, 0.3) is 0 Å². The van der Waals surface area contributed by atoms with E-state index in [-0.39, 0.29) is 0 Å². The first-order valence-corrected chi connectivity index (χ1v) is 5.91. The molecule has 0 aliphatic rings. The molecule has 0 fully saturated rings. The molecule has 0 radical (unpaired) electrons. The molecule has 0 saturated heterocycles. The third-order valence-corrected chi connectivity index (χ3v) is 2.95. The molecule has 5 nitrogen and oxygen atoms in total. The van der Waals surface area contributed by atoms with E-state index in [0.717, 1.165) is 22.5 Å². The van der Waals surface area contributed by atoms with Crippen LogP contribution in [0.15, 0.2) is 48.9 Å². The Hall–Kier alpha value is -2.69. The number of aromatic nitrogens is 4. The van der Waals surface area contributed by atoms with Crippen LogP contribution >= 0.6 is 0 Å². The lowest BCUT2D eigenvalue weighted by Crippen LogP contribution is -1.98. The van der Waals surface area contributed by atoms with E-state index in [0.29, 0.717) is 5.82 Å². The van der Waals surface area contributed by atoms with E-state index < -0.39 is 0 Å². The second-order valence-corrected chi connectivity index (χ2v) is 4.19. The first-order valence-electron chi connectivity index (χ1n) is 5.91. The Balaban J connectivity index is 2.25. The van der Waals surface area contributed by atoms with Crippen LogP contribution in [-0.2, 0) is 7.05 Å². The first kappa shape index (κ1) is 11.4. The van der Waals surface area contributed by atoms with E-state index >= 15 is 0 Å². The van der Waals surface area contributed by atoms with Gasteiger partial charge in [-0.25, -0.2) is 0 Å². The standard InChI is InChI=1S/C14H13N5/c1-19-14(15)12(11-6-2-3-8-17-11)13(18-19)10-5-4-7-16-9-10/h2-9H,15H2,1H3. The number of hydrogen-bond acceptors (Lipinski definition) is 4. The maximum Gasteiger partial charge on any atom is 0.131 e. The molecule has 3 heterocycles. The average Bonchev–Trinajstić information content (AvgIpc) is 2.77. The van der Waals surface area contributed by atoms with Gasteiger partial charge in [-0.1, -0.05) is 6.07 Å². The number of anilines is 1. The van der Waals surface area contributed by atoms with Gasteiger partial charge < -0.3 is 5.73 Å². The van der Waals surface area contributed by atoms with Crippen molar-refractivity contribution in [1.29, 1.82) is 0 Å². The Bertz CT molecular complexity index is 689. The smallest absolute Gasteiger partial charge is 0.131 e. The largest absolute Gasteiger partial charge is 0.383 e. The predicted molar refractivity (Wildman–Crippen MR) is 74.1 cm³/mol. The lowest BCUT2D eigenvalue weighted by Gasteiger charge is -2.02. The van der Waals surface area contributed by atoms with E-state index in [1.165, 1.54) is 0 Å². The van der Waals surface area contributed by atoms with Crippen molar-refractivity contribution in [2.75, 3.05) is 5.73 Å². The molecule has 3 aromatic heterocycles. The number of rotatable bonds is 2. The molecule has 0 spiro atoms. The highest BCUT2D eigenvalue weighted by molar-refractivity contribution is 5.86. The Kier molecular flexibility index (Phi) is 2.72. The summed E-state index contributed by atoms with van der Waals surface area (Å²) >= 11 is 0. The Morgan fingerprint density at radius 2 is 2.00 bits per heavy atom. The summed E-state index contributed by atoms with van der Waals surface area (Å²) in [6.07, 6.45) is 5.25. The van der Waals surface area contributed by atoms with Crippen LogP contribution in [0.3, 0.4) is 0 Å². The maximum atomic E-state index is 6.11. The van der Waals surface area contributed by atoms with Crippen molar-refractivity contribution in [2.45, 2.75) is 0 Å². The third kappa shape index (κ3) is 1.95. The quantitative estimate of drug-likeness (QED) is 0.757. The number of nitrogens with zero attached hydrogens (tertiary/aromatic N) is 4. The summed E-state index contributed by atoms with van der Waals surface area (Å²) in [5, 5.41) is 4.47. The summed E-state index contributed by atoms with van der Waals surface area (Å²) in [6, 6.07) is 9.57. The minimum Gasteiger partial charge on any atom is -0.383 e. The van der Waals surface area contributed by atoms with Crippen LogP contribution in [0.25, 0.3) is 22.5 Å². The molecule has 0 saturated carbocycles. The van der Waals surface area contributed by atoms with Crippen molar-refractivity contribution < 1.29 is 0 Å². The molecule has 0 amide bonds. The van der Waals surface area contributed by atoms with Crippen molar-refractivity contribution in [2.24, 2.45) is 7.05 Å². The fraction of sp³-hybridized carbons (Fsp3) is 0.0714. The fourth-order valence-corrected chi connectivity index (χ4v) is 2.01. The summed E-state index contributed by atoms with van der Waals surface area (Å²) in [6.45, 7) is 0. The van der Waals surface area contributed by atoms with Crippen LogP contribution < -0.4 is 5.73 Å². The van der Waals surface area contributed by atoms with Gasteiger partial charge >= 0.3 is 0 Å². The van der Waals surface area contributed by atoms with Crippen molar-refractivity contribution in [3.8, 4) is 22.5 Å². The molecule has 5 heteroatoms. The Labute approximate surface area is 110 Å². The molecule has 3 aromatic rings. The predicted octanol–water partition coefficient (Wildman–Crippen LogP) is 2.13. The van der Waals surface area contributed by atoms with Gasteiger partial charge in [-0.3, -0.25) is 14.6 Å². The molecule has 2 N–H and O–H groups in total. The number of nitrogen functional groups attached to an aromatic ring is 1. The van der Waals surface area contributed by atoms with Crippen LogP contribution in [0, 0.1) is 0 Å². The van der Waals surface area contributed by atoms with E-state index in [9.17, 15) is 0 Å². The molecule has 0 unspecified atom stereocenters. The summed E-state index contributed by atoms with van der Waals surface area (Å²) in [5.41, 5.74) is 9.49. The van der Waals surface area contributed by atoms with E-state index in [1.807, 2.05) is 37.4 Å². The third-order valence-electron chi connectivity index (χ3n) is 2.95. The summed E-state index contributed by atoms with van der Waals surface area (Å²) < 4.78 is 1.66. The van der Waals surface area contributed by atoms with Crippen LogP contribution in [0.4, 0.5) is 5.82 Å². The molecule has 0 bridgehead atoms. The molecule has 3 rings (SSSR count). The van der Waals surface area contributed by atoms with E-state index in [2.05, 4.69) is 15.1 Å². The number of hydrogen-bond donors (Lipinski definition) is 1. The van der Waals surface area contributed by atoms with Gasteiger partial charge in [-0.15, -0.1) is 0 Å². The van der Waals surface area contributed by atoms with Crippen LogP contribution in [0.1, 0.15) is 0 Å². The Morgan fingerprint density at radius 1 is 1.11 bits per heavy atom. The number of nitrogens with two attached hydrogens (primary N) is 1. The van der Waals surface area contributed by atoms with Gasteiger partial charge in [0.15, 0.2) is 0 Å². The van der Waals surface area contributed by atoms with Gasteiger partial charge in [0.2, 0.25) is 0 Å². The Morgan fingerprint density at radius 3 is 2.68 bits per heavy atom. The molecule has 19 heavy (non-hydrogen) atoms. The lowest BCUT2D eigenvalue weighted by atomic mass is 10.1. The van der Waals surface area contributed by atoms with Gasteiger partial charge in [-0.2, -0.15) is 5.10 Å². The average molecular weight is 251 g/mol. The summed E-state index contributed by atoms with van der Waals surface area (Å²) in [7, 11) is 1.82. The van der Waals surface area contributed by atoms with Gasteiger partial charge in [0.05, 0.1) is 11.3 Å². The SMILES string of the molecule is Cn1nc(-c2cccnc2)c(-c2ccccn2)c1N. The van der Waals surface area contributed by atoms with Crippen molar-refractivity contribution >= 4 is 5.82 Å². The summed E-state index contributed by atoms with van der Waals surface area (Å²) in [4.78, 5) is 8.48. The highest BCUT2D eigenvalue weighted by Crippen LogP contribution is 2.34. The zero-order valence-corrected chi connectivity index (χ0v) is 10.5. The normalized spacial score (nSPS) is 10.6. The van der Waals surface area contributed by atoms with Crippen molar-refractivity contribution in [3.05, 3.63) is 48.9 Å². The second kappa shape index (κ2) is 4.53. The van der Waals surface area contributed by atoms with Crippen LogP contribution in [-0.4, -0.2) is 19.7 Å². The van der Waals surface area contributed by atoms with Crippen molar-refractivity contribution in [3.63, 3.8) is 0 Å². The highest BCUT2D eigenvalue weighted by atomic mass is 15.3. The molecule has 0 aliphatic carbocycles. The highest BCUT2D eigenvalue weighted by Gasteiger charge is 2.17. The number of aryl methyl sites for hydroxylation is 1. The molecular weight excluding hydrogens is 238 g/mol. The zero-order chi connectivity index (χ0) is 13.2. The monoisotopic (exact) mass is 251 g/mol. The molecule has 0 aliphatic heterocycles. The lowest BCUT2D eigenvalue weighted by molar-refractivity contribution is 0.782. The molecule has 0 atom stereocenters. The minimum absolute atomic E-state index is 0.595. The van der Waals surface area contributed by atoms with Gasteiger partial charge in [0.1, 0.15) is 11.5 Å². The molecule has 0 aromatic carbocycles. The van der Waals surface area contributed by atoms with Crippen molar-refractivity contribution in [1.82, 2.24) is 19.7 Å². The van der Waals surface area contributed by atoms with Gasteiger partial charge in [0, 0.05) is 31.2 Å².